The Bertz CT molecular complexity index is 467. The van der Waals surface area contributed by atoms with E-state index in [1.165, 1.54) is 17.7 Å². The number of fused-ring (bicyclic) bond motifs is 1. The van der Waals surface area contributed by atoms with Gasteiger partial charge in [0.15, 0.2) is 5.78 Å². The lowest BCUT2D eigenvalue weighted by molar-refractivity contribution is 0.0936. The summed E-state index contributed by atoms with van der Waals surface area (Å²) in [6.07, 6.45) is 2.12. The van der Waals surface area contributed by atoms with Gasteiger partial charge in [-0.1, -0.05) is 0 Å². The largest absolute Gasteiger partial charge is 0.493 e. The predicted octanol–water partition coefficient (Wildman–Crippen LogP) is 2.24. The van der Waals surface area contributed by atoms with E-state index in [4.69, 9.17) is 4.74 Å². The van der Waals surface area contributed by atoms with Gasteiger partial charge in [-0.15, -0.1) is 0 Å². The first-order valence-corrected chi connectivity index (χ1v) is 8.07. The first kappa shape index (κ1) is 13.0. The molecule has 3 rings (SSSR count). The molecule has 102 valence electrons. The molecule has 0 aromatic heterocycles. The molecule has 2 aliphatic heterocycles. The van der Waals surface area contributed by atoms with Gasteiger partial charge >= 0.3 is 0 Å². The summed E-state index contributed by atoms with van der Waals surface area (Å²) in [4.78, 5) is 14.6. The molecule has 3 nitrogen and oxygen atoms in total. The zero-order valence-corrected chi connectivity index (χ0v) is 11.9. The minimum Gasteiger partial charge on any atom is -0.493 e. The number of carbonyl (C=O) groups excluding carboxylic acids is 1. The van der Waals surface area contributed by atoms with E-state index < -0.39 is 0 Å². The molecular weight excluding hydrogens is 258 g/mol. The molecule has 4 heteroatoms. The van der Waals surface area contributed by atoms with Gasteiger partial charge in [0.05, 0.1) is 13.2 Å². The van der Waals surface area contributed by atoms with Crippen molar-refractivity contribution < 1.29 is 9.53 Å². The Hall–Kier alpha value is -1.00. The smallest absolute Gasteiger partial charge is 0.176 e. The molecule has 0 bridgehead atoms. The molecule has 0 aliphatic carbocycles. The minimum absolute atomic E-state index is 0.238. The maximum atomic E-state index is 12.3. The molecule has 0 radical (unpaired) electrons. The zero-order valence-electron chi connectivity index (χ0n) is 11.1. The Kier molecular flexibility index (Phi) is 4.09. The summed E-state index contributed by atoms with van der Waals surface area (Å²) in [5.74, 6) is 3.55. The number of carbonyl (C=O) groups is 1. The lowest BCUT2D eigenvalue weighted by atomic mass is 10.1. The third-order valence-electron chi connectivity index (χ3n) is 3.69. The summed E-state index contributed by atoms with van der Waals surface area (Å²) < 4.78 is 5.48. The Labute approximate surface area is 118 Å². The number of Topliss-reactive ketones (excluding diaryl/α,β-unsaturated/α-hetero) is 1. The van der Waals surface area contributed by atoms with Gasteiger partial charge in [-0.2, -0.15) is 11.8 Å². The van der Waals surface area contributed by atoms with Gasteiger partial charge in [0.25, 0.3) is 0 Å². The molecule has 1 saturated heterocycles. The third-order valence-corrected chi connectivity index (χ3v) is 4.74. The average Bonchev–Trinajstić information content (AvgIpc) is 2.75. The second-order valence-electron chi connectivity index (χ2n) is 5.09. The Morgan fingerprint density at radius 3 is 3.21 bits per heavy atom. The van der Waals surface area contributed by atoms with Crippen LogP contribution < -0.4 is 4.74 Å². The molecule has 1 aromatic carbocycles. The summed E-state index contributed by atoms with van der Waals surface area (Å²) in [7, 11) is 0. The third kappa shape index (κ3) is 3.12. The summed E-state index contributed by atoms with van der Waals surface area (Å²) in [5.41, 5.74) is 2.01. The van der Waals surface area contributed by atoms with Crippen LogP contribution in [0.4, 0.5) is 0 Å². The quantitative estimate of drug-likeness (QED) is 0.793. The van der Waals surface area contributed by atoms with Crippen molar-refractivity contribution >= 4 is 17.5 Å². The summed E-state index contributed by atoms with van der Waals surface area (Å²) >= 11 is 1.99. The van der Waals surface area contributed by atoms with Gasteiger partial charge in [-0.05, 0) is 42.5 Å². The molecule has 19 heavy (non-hydrogen) atoms. The summed E-state index contributed by atoms with van der Waals surface area (Å²) in [6.45, 7) is 3.38. The van der Waals surface area contributed by atoms with E-state index in [2.05, 4.69) is 4.90 Å². The van der Waals surface area contributed by atoms with E-state index in [9.17, 15) is 4.79 Å². The molecule has 0 saturated carbocycles. The van der Waals surface area contributed by atoms with Gasteiger partial charge < -0.3 is 4.74 Å². The van der Waals surface area contributed by atoms with Crippen molar-refractivity contribution in [2.24, 2.45) is 0 Å². The van der Waals surface area contributed by atoms with Crippen molar-refractivity contribution in [3.05, 3.63) is 29.3 Å². The van der Waals surface area contributed by atoms with Gasteiger partial charge in [-0.25, -0.2) is 0 Å². The fourth-order valence-corrected chi connectivity index (χ4v) is 3.53. The molecule has 0 atom stereocenters. The number of ketones is 1. The lowest BCUT2D eigenvalue weighted by Crippen LogP contribution is -2.31. The van der Waals surface area contributed by atoms with Crippen molar-refractivity contribution in [3.63, 3.8) is 0 Å². The van der Waals surface area contributed by atoms with Crippen LogP contribution in [0.5, 0.6) is 5.75 Å². The number of hydrogen-bond donors (Lipinski definition) is 0. The highest BCUT2D eigenvalue weighted by molar-refractivity contribution is 7.99. The Morgan fingerprint density at radius 2 is 2.26 bits per heavy atom. The van der Waals surface area contributed by atoms with E-state index in [-0.39, 0.29) is 5.78 Å². The van der Waals surface area contributed by atoms with Crippen molar-refractivity contribution in [1.29, 1.82) is 0 Å². The van der Waals surface area contributed by atoms with Crippen LogP contribution in [0.15, 0.2) is 18.2 Å². The lowest BCUT2D eigenvalue weighted by Gasteiger charge is -2.18. The number of ether oxygens (including phenoxy) is 1. The summed E-state index contributed by atoms with van der Waals surface area (Å²) in [6, 6.07) is 5.85. The van der Waals surface area contributed by atoms with E-state index >= 15 is 0 Å². The number of nitrogens with zero attached hydrogens (tertiary/aromatic N) is 1. The normalized spacial score (nSPS) is 19.6. The van der Waals surface area contributed by atoms with Crippen LogP contribution in [0.25, 0.3) is 0 Å². The number of rotatable bonds is 3. The van der Waals surface area contributed by atoms with Crippen molar-refractivity contribution in [2.75, 3.05) is 37.7 Å². The SMILES string of the molecule is O=C(CN1CCCSCC1)c1ccc2c(c1)CCO2. The van der Waals surface area contributed by atoms with Gasteiger partial charge in [0, 0.05) is 24.3 Å². The van der Waals surface area contributed by atoms with Crippen LogP contribution in [0.2, 0.25) is 0 Å². The van der Waals surface area contributed by atoms with E-state index in [0.717, 1.165) is 43.2 Å². The first-order chi connectivity index (χ1) is 9.33. The maximum Gasteiger partial charge on any atom is 0.176 e. The van der Waals surface area contributed by atoms with Crippen LogP contribution >= 0.6 is 11.8 Å². The molecule has 0 unspecified atom stereocenters. The van der Waals surface area contributed by atoms with Crippen molar-refractivity contribution in [3.8, 4) is 5.75 Å². The second-order valence-corrected chi connectivity index (χ2v) is 6.31. The molecule has 1 aromatic rings. The van der Waals surface area contributed by atoms with Crippen LogP contribution in [0, 0.1) is 0 Å². The van der Waals surface area contributed by atoms with Crippen LogP contribution in [-0.4, -0.2) is 48.4 Å². The zero-order chi connectivity index (χ0) is 13.1. The standard InChI is InChI=1S/C15H19NO2S/c17-14(11-16-5-1-8-19-9-6-16)12-2-3-15-13(10-12)4-7-18-15/h2-3,10H,1,4-9,11H2. The minimum atomic E-state index is 0.238. The summed E-state index contributed by atoms with van der Waals surface area (Å²) in [5, 5.41) is 0. The molecule has 0 spiro atoms. The first-order valence-electron chi connectivity index (χ1n) is 6.92. The number of benzene rings is 1. The number of thioether (sulfide) groups is 1. The monoisotopic (exact) mass is 277 g/mol. The molecule has 1 fully saturated rings. The topological polar surface area (TPSA) is 29.5 Å². The second kappa shape index (κ2) is 5.97. The molecular formula is C15H19NO2S. The van der Waals surface area contributed by atoms with Crippen LogP contribution in [0.1, 0.15) is 22.3 Å². The van der Waals surface area contributed by atoms with Crippen LogP contribution in [0.3, 0.4) is 0 Å². The van der Waals surface area contributed by atoms with E-state index in [0.29, 0.717) is 6.54 Å². The van der Waals surface area contributed by atoms with E-state index in [1.54, 1.807) is 0 Å². The molecule has 2 heterocycles. The van der Waals surface area contributed by atoms with Crippen molar-refractivity contribution in [2.45, 2.75) is 12.8 Å². The molecule has 0 amide bonds. The van der Waals surface area contributed by atoms with Gasteiger partial charge in [-0.3, -0.25) is 9.69 Å². The highest BCUT2D eigenvalue weighted by Crippen LogP contribution is 2.26. The fraction of sp³-hybridized carbons (Fsp3) is 0.533. The average molecular weight is 277 g/mol. The van der Waals surface area contributed by atoms with Gasteiger partial charge in [0.2, 0.25) is 0 Å². The van der Waals surface area contributed by atoms with Crippen LogP contribution in [-0.2, 0) is 6.42 Å². The maximum absolute atomic E-state index is 12.3. The Balaban J connectivity index is 1.66. The predicted molar refractivity (Wildman–Crippen MR) is 78.4 cm³/mol. The number of hydrogen-bond acceptors (Lipinski definition) is 4. The fourth-order valence-electron chi connectivity index (χ4n) is 2.61. The Morgan fingerprint density at radius 1 is 1.32 bits per heavy atom. The molecule has 0 N–H and O–H groups in total. The highest BCUT2D eigenvalue weighted by atomic mass is 32.2. The van der Waals surface area contributed by atoms with E-state index in [1.807, 2.05) is 30.0 Å². The van der Waals surface area contributed by atoms with Crippen molar-refractivity contribution in [1.82, 2.24) is 4.90 Å². The molecule has 2 aliphatic rings. The highest BCUT2D eigenvalue weighted by Gasteiger charge is 2.17. The van der Waals surface area contributed by atoms with Gasteiger partial charge in [0.1, 0.15) is 5.75 Å².